The van der Waals surface area contributed by atoms with Crippen molar-refractivity contribution >= 4 is 68.4 Å². The van der Waals surface area contributed by atoms with E-state index in [9.17, 15) is 4.39 Å². The number of nitrogens with zero attached hydrogens (tertiary/aromatic N) is 2. The molecule has 0 N–H and O–H groups in total. The molecule has 0 saturated heterocycles. The first-order valence-electron chi connectivity index (χ1n) is 5.89. The highest BCUT2D eigenvalue weighted by Gasteiger charge is 2.17. The Morgan fingerprint density at radius 2 is 2.00 bits per heavy atom. The number of imidazole rings is 1. The van der Waals surface area contributed by atoms with Crippen LogP contribution in [-0.4, -0.2) is 9.55 Å². The molecule has 1 heterocycles. The van der Waals surface area contributed by atoms with Crippen molar-refractivity contribution in [1.82, 2.24) is 9.55 Å². The van der Waals surface area contributed by atoms with Gasteiger partial charge in [0.1, 0.15) is 11.6 Å². The zero-order valence-corrected chi connectivity index (χ0v) is 14.8. The smallest absolute Gasteiger partial charge is 0.138 e. The predicted molar refractivity (Wildman–Crippen MR) is 93.3 cm³/mol. The molecule has 0 bridgehead atoms. The van der Waals surface area contributed by atoms with Crippen molar-refractivity contribution in [1.29, 1.82) is 0 Å². The summed E-state index contributed by atoms with van der Waals surface area (Å²) in [5, 5.41) is 0.798. The maximum absolute atomic E-state index is 13.9. The topological polar surface area (TPSA) is 17.8 Å². The Kier molecular flexibility index (Phi) is 4.32. The molecule has 2 aromatic carbocycles. The number of halogens is 5. The van der Waals surface area contributed by atoms with Crippen molar-refractivity contribution in [2.45, 2.75) is 5.88 Å². The van der Waals surface area contributed by atoms with Crippen LogP contribution in [0.1, 0.15) is 5.82 Å². The molecule has 0 saturated carbocycles. The van der Waals surface area contributed by atoms with Crippen molar-refractivity contribution in [3.63, 3.8) is 0 Å². The van der Waals surface area contributed by atoms with Crippen LogP contribution in [0.4, 0.5) is 4.39 Å². The molecule has 1 aromatic heterocycles. The monoisotopic (exact) mass is 454 g/mol. The Labute approximate surface area is 149 Å². The lowest BCUT2D eigenvalue weighted by Crippen LogP contribution is -2.00. The van der Waals surface area contributed by atoms with Crippen LogP contribution < -0.4 is 0 Å². The number of benzene rings is 2. The van der Waals surface area contributed by atoms with E-state index in [1.165, 1.54) is 6.07 Å². The molecular weight excluding hydrogens is 448 g/mol. The van der Waals surface area contributed by atoms with Crippen LogP contribution >= 0.6 is 57.4 Å². The quantitative estimate of drug-likeness (QED) is 0.352. The van der Waals surface area contributed by atoms with Gasteiger partial charge in [0.25, 0.3) is 0 Å². The Morgan fingerprint density at radius 1 is 1.24 bits per heavy atom. The summed E-state index contributed by atoms with van der Waals surface area (Å²) in [4.78, 5) is 4.44. The first-order valence-corrected chi connectivity index (χ1v) is 8.26. The van der Waals surface area contributed by atoms with E-state index in [0.717, 1.165) is 0 Å². The first-order chi connectivity index (χ1) is 10.0. The lowest BCUT2D eigenvalue weighted by Gasteiger charge is -2.11. The summed E-state index contributed by atoms with van der Waals surface area (Å²) in [7, 11) is 0. The van der Waals surface area contributed by atoms with E-state index in [1.807, 2.05) is 22.6 Å². The van der Waals surface area contributed by atoms with E-state index < -0.39 is 0 Å². The molecule has 0 radical (unpaired) electrons. The number of hydrogen-bond acceptors (Lipinski definition) is 1. The molecule has 0 unspecified atom stereocenters. The van der Waals surface area contributed by atoms with Gasteiger partial charge in [-0.1, -0.05) is 29.3 Å². The summed E-state index contributed by atoms with van der Waals surface area (Å²) in [6, 6.07) is 8.36. The van der Waals surface area contributed by atoms with E-state index in [0.29, 0.717) is 36.2 Å². The Morgan fingerprint density at radius 3 is 2.71 bits per heavy atom. The molecular formula is C14H7Cl3FIN2. The summed E-state index contributed by atoms with van der Waals surface area (Å²) >= 11 is 20.2. The van der Waals surface area contributed by atoms with Gasteiger partial charge in [0.15, 0.2) is 0 Å². The number of aromatic nitrogens is 2. The number of rotatable bonds is 2. The van der Waals surface area contributed by atoms with Crippen LogP contribution in [-0.2, 0) is 5.88 Å². The molecule has 7 heteroatoms. The minimum absolute atomic E-state index is 0.176. The van der Waals surface area contributed by atoms with Gasteiger partial charge < -0.3 is 0 Å². The zero-order chi connectivity index (χ0) is 15.1. The minimum Gasteiger partial charge on any atom is -0.294 e. The maximum Gasteiger partial charge on any atom is 0.138 e. The van der Waals surface area contributed by atoms with Crippen LogP contribution in [0.15, 0.2) is 30.3 Å². The third kappa shape index (κ3) is 2.63. The van der Waals surface area contributed by atoms with Crippen molar-refractivity contribution in [3.05, 3.63) is 55.6 Å². The number of alkyl halides is 1. The molecule has 0 aliphatic heterocycles. The molecule has 0 spiro atoms. The fourth-order valence-corrected chi connectivity index (χ4v) is 3.16. The zero-order valence-electron chi connectivity index (χ0n) is 10.4. The summed E-state index contributed by atoms with van der Waals surface area (Å²) in [6.07, 6.45) is 0. The van der Waals surface area contributed by atoms with Crippen molar-refractivity contribution < 1.29 is 4.39 Å². The molecule has 21 heavy (non-hydrogen) atoms. The average Bonchev–Trinajstić information content (AvgIpc) is 2.80. The molecule has 0 fully saturated rings. The van der Waals surface area contributed by atoms with E-state index >= 15 is 0 Å². The summed E-state index contributed by atoms with van der Waals surface area (Å²) in [6.45, 7) is 0. The predicted octanol–water partition coefficient (Wildman–Crippen LogP) is 5.81. The first kappa shape index (κ1) is 15.3. The normalized spacial score (nSPS) is 11.3. The Hall–Kier alpha value is -0.560. The minimum atomic E-state index is -0.316. The van der Waals surface area contributed by atoms with Crippen molar-refractivity contribution in [2.24, 2.45) is 0 Å². The summed E-state index contributed by atoms with van der Waals surface area (Å²) in [5.74, 6) is 0.441. The number of hydrogen-bond donors (Lipinski definition) is 0. The largest absolute Gasteiger partial charge is 0.294 e. The third-order valence-electron chi connectivity index (χ3n) is 3.06. The molecule has 0 aliphatic carbocycles. The van der Waals surface area contributed by atoms with Gasteiger partial charge in [-0.25, -0.2) is 9.37 Å². The fourth-order valence-electron chi connectivity index (χ4n) is 2.15. The van der Waals surface area contributed by atoms with Crippen LogP contribution in [0.5, 0.6) is 0 Å². The van der Waals surface area contributed by atoms with Gasteiger partial charge in [-0.15, -0.1) is 11.6 Å². The van der Waals surface area contributed by atoms with E-state index in [2.05, 4.69) is 4.98 Å². The SMILES string of the molecule is Fc1cc2c(cc1I)nc(CCl)n2-c1cccc(Cl)c1Cl. The van der Waals surface area contributed by atoms with Gasteiger partial charge in [0.05, 0.1) is 36.2 Å². The number of fused-ring (bicyclic) bond motifs is 1. The van der Waals surface area contributed by atoms with Gasteiger partial charge in [-0.2, -0.15) is 0 Å². The molecule has 2 nitrogen and oxygen atoms in total. The van der Waals surface area contributed by atoms with E-state index in [4.69, 9.17) is 34.8 Å². The fraction of sp³-hybridized carbons (Fsp3) is 0.0714. The summed E-state index contributed by atoms with van der Waals surface area (Å²) < 4.78 is 16.1. The molecule has 108 valence electrons. The van der Waals surface area contributed by atoms with Gasteiger partial charge in [-0.05, 0) is 40.8 Å². The average molecular weight is 455 g/mol. The van der Waals surface area contributed by atoms with Crippen molar-refractivity contribution in [2.75, 3.05) is 0 Å². The highest BCUT2D eigenvalue weighted by atomic mass is 127. The molecule has 0 amide bonds. The van der Waals surface area contributed by atoms with Gasteiger partial charge in [0, 0.05) is 6.07 Å². The third-order valence-corrected chi connectivity index (χ3v) is 4.93. The van der Waals surface area contributed by atoms with Crippen LogP contribution in [0.2, 0.25) is 10.0 Å². The lowest BCUT2D eigenvalue weighted by molar-refractivity contribution is 0.622. The Bertz CT molecular complexity index is 848. The lowest BCUT2D eigenvalue weighted by atomic mass is 10.2. The van der Waals surface area contributed by atoms with E-state index in [-0.39, 0.29) is 11.7 Å². The standard InChI is InChI=1S/C14H7Cl3FIN2/c15-6-13-20-10-5-9(19)8(18)4-12(10)21(13)11-3-1-2-7(16)14(11)17/h1-5H,6H2. The second-order valence-corrected chi connectivity index (χ2v) is 6.54. The molecule has 0 aliphatic rings. The van der Waals surface area contributed by atoms with Crippen LogP contribution in [0, 0.1) is 9.39 Å². The second kappa shape index (κ2) is 5.91. The van der Waals surface area contributed by atoms with Crippen LogP contribution in [0.25, 0.3) is 16.7 Å². The van der Waals surface area contributed by atoms with Gasteiger partial charge in [-0.3, -0.25) is 4.57 Å². The second-order valence-electron chi connectivity index (χ2n) is 4.33. The Balaban J connectivity index is 2.40. The van der Waals surface area contributed by atoms with E-state index in [1.54, 1.807) is 28.8 Å². The highest BCUT2D eigenvalue weighted by Crippen LogP contribution is 2.33. The summed E-state index contributed by atoms with van der Waals surface area (Å²) in [5.41, 5.74) is 1.89. The highest BCUT2D eigenvalue weighted by molar-refractivity contribution is 14.1. The molecule has 0 atom stereocenters. The molecule has 3 rings (SSSR count). The van der Waals surface area contributed by atoms with Gasteiger partial charge in [0.2, 0.25) is 0 Å². The van der Waals surface area contributed by atoms with Gasteiger partial charge >= 0.3 is 0 Å². The molecule has 3 aromatic rings. The maximum atomic E-state index is 13.9. The van der Waals surface area contributed by atoms with Crippen LogP contribution in [0.3, 0.4) is 0 Å². The van der Waals surface area contributed by atoms with Crippen molar-refractivity contribution in [3.8, 4) is 5.69 Å².